The van der Waals surface area contributed by atoms with Gasteiger partial charge in [0.2, 0.25) is 10.0 Å². The van der Waals surface area contributed by atoms with Crippen molar-refractivity contribution in [2.75, 3.05) is 17.6 Å². The number of nitrogens with zero attached hydrogens (tertiary/aromatic N) is 1. The number of hydrogen-bond donors (Lipinski definition) is 1. The first kappa shape index (κ1) is 22.2. The molecule has 34 heavy (non-hydrogen) atoms. The molecule has 0 saturated carbocycles. The summed E-state index contributed by atoms with van der Waals surface area (Å²) < 4.78 is 46.7. The number of nitrogens with one attached hydrogen (secondary N) is 1. The van der Waals surface area contributed by atoms with Gasteiger partial charge in [0.15, 0.2) is 0 Å². The zero-order valence-corrected chi connectivity index (χ0v) is 19.6. The van der Waals surface area contributed by atoms with Gasteiger partial charge in [-0.05, 0) is 59.9 Å². The van der Waals surface area contributed by atoms with Crippen LogP contribution in [0, 0.1) is 5.82 Å². The van der Waals surface area contributed by atoms with Crippen LogP contribution >= 0.6 is 0 Å². The van der Waals surface area contributed by atoms with Crippen molar-refractivity contribution >= 4 is 32.6 Å². The van der Waals surface area contributed by atoms with Gasteiger partial charge < -0.3 is 9.73 Å². The lowest BCUT2D eigenvalue weighted by Crippen LogP contribution is -2.31. The third kappa shape index (κ3) is 3.84. The molecular weight excluding hydrogens is 455 g/mol. The number of fused-ring (bicyclic) bond motifs is 3. The Labute approximate surface area is 197 Å². The lowest BCUT2D eigenvalue weighted by molar-refractivity contribution is 0.0964. The minimum absolute atomic E-state index is 0.210. The fraction of sp³-hybridized carbons (Fsp3) is 0.192. The predicted molar refractivity (Wildman–Crippen MR) is 130 cm³/mol. The van der Waals surface area contributed by atoms with E-state index in [9.17, 15) is 17.6 Å². The molecule has 4 aromatic rings. The molecule has 0 spiro atoms. The summed E-state index contributed by atoms with van der Waals surface area (Å²) in [4.78, 5) is 12.9. The standard InChI is InChI=1S/C26H23FN2O4S/c1-28-26(30)24-21-13-18-8-7-16-5-3-4-6-19(16)15-29(34(2,31)32)22(18)14-23(21)33-25(24)17-9-11-20(27)12-10-17/h3-6,9-14H,7-8,15H2,1-2H3,(H,28,30). The summed E-state index contributed by atoms with van der Waals surface area (Å²) in [5, 5.41) is 3.23. The van der Waals surface area contributed by atoms with E-state index in [0.29, 0.717) is 40.0 Å². The Morgan fingerprint density at radius 1 is 1.00 bits per heavy atom. The normalized spacial score (nSPS) is 13.7. The molecule has 0 fully saturated rings. The average molecular weight is 479 g/mol. The van der Waals surface area contributed by atoms with Gasteiger partial charge in [0.25, 0.3) is 5.91 Å². The molecule has 0 radical (unpaired) electrons. The van der Waals surface area contributed by atoms with E-state index in [4.69, 9.17) is 4.42 Å². The van der Waals surface area contributed by atoms with Crippen LogP contribution in [0.4, 0.5) is 10.1 Å². The topological polar surface area (TPSA) is 79.6 Å². The lowest BCUT2D eigenvalue weighted by atomic mass is 9.94. The molecule has 1 N–H and O–H groups in total. The largest absolute Gasteiger partial charge is 0.455 e. The molecule has 6 nitrogen and oxygen atoms in total. The summed E-state index contributed by atoms with van der Waals surface area (Å²) >= 11 is 0. The Morgan fingerprint density at radius 2 is 1.68 bits per heavy atom. The Kier molecular flexibility index (Phi) is 5.40. The number of furan rings is 1. The van der Waals surface area contributed by atoms with Crippen molar-refractivity contribution in [2.45, 2.75) is 19.4 Å². The third-order valence-corrected chi connectivity index (χ3v) is 7.34. The van der Waals surface area contributed by atoms with Gasteiger partial charge in [0.05, 0.1) is 24.1 Å². The highest BCUT2D eigenvalue weighted by Gasteiger charge is 2.28. The maximum Gasteiger partial charge on any atom is 0.255 e. The number of sulfonamides is 1. The highest BCUT2D eigenvalue weighted by atomic mass is 32.2. The van der Waals surface area contributed by atoms with Crippen LogP contribution in [0.3, 0.4) is 0 Å². The zero-order valence-electron chi connectivity index (χ0n) is 18.8. The van der Waals surface area contributed by atoms with Gasteiger partial charge in [0, 0.05) is 24.1 Å². The van der Waals surface area contributed by atoms with Crippen molar-refractivity contribution < 1.29 is 22.0 Å². The van der Waals surface area contributed by atoms with Gasteiger partial charge in [0.1, 0.15) is 17.2 Å². The van der Waals surface area contributed by atoms with Crippen LogP contribution < -0.4 is 9.62 Å². The first-order valence-electron chi connectivity index (χ1n) is 10.9. The molecule has 1 amide bonds. The van der Waals surface area contributed by atoms with Crippen LogP contribution in [-0.4, -0.2) is 27.6 Å². The summed E-state index contributed by atoms with van der Waals surface area (Å²) in [6.45, 7) is 0.210. The van der Waals surface area contributed by atoms with E-state index in [1.165, 1.54) is 29.7 Å². The summed E-state index contributed by atoms with van der Waals surface area (Å²) in [6, 6.07) is 17.1. The molecule has 0 bridgehead atoms. The maximum absolute atomic E-state index is 13.5. The van der Waals surface area contributed by atoms with E-state index >= 15 is 0 Å². The van der Waals surface area contributed by atoms with Gasteiger partial charge in [-0.25, -0.2) is 12.8 Å². The second-order valence-corrected chi connectivity index (χ2v) is 10.3. The number of carbonyl (C=O) groups excluding carboxylic acids is 1. The predicted octanol–water partition coefficient (Wildman–Crippen LogP) is 4.66. The Bertz CT molecular complexity index is 1520. The summed E-state index contributed by atoms with van der Waals surface area (Å²) in [5.74, 6) is -0.427. The van der Waals surface area contributed by atoms with Crippen LogP contribution in [-0.2, 0) is 29.4 Å². The smallest absolute Gasteiger partial charge is 0.255 e. The molecule has 1 aliphatic rings. The van der Waals surface area contributed by atoms with Crippen molar-refractivity contribution in [3.63, 3.8) is 0 Å². The number of carbonyl (C=O) groups is 1. The molecule has 2 heterocycles. The maximum atomic E-state index is 13.5. The van der Waals surface area contributed by atoms with E-state index < -0.39 is 15.8 Å². The number of hydrogen-bond acceptors (Lipinski definition) is 4. The third-order valence-electron chi connectivity index (χ3n) is 6.21. The molecule has 0 atom stereocenters. The highest BCUT2D eigenvalue weighted by molar-refractivity contribution is 7.92. The fourth-order valence-corrected chi connectivity index (χ4v) is 5.43. The first-order chi connectivity index (χ1) is 16.3. The molecule has 3 aromatic carbocycles. The van der Waals surface area contributed by atoms with Gasteiger partial charge in [-0.2, -0.15) is 0 Å². The monoisotopic (exact) mass is 478 g/mol. The number of benzene rings is 3. The van der Waals surface area contributed by atoms with Crippen LogP contribution in [0.5, 0.6) is 0 Å². The second kappa shape index (κ2) is 8.29. The molecule has 5 rings (SSSR count). The molecule has 0 saturated heterocycles. The number of anilines is 1. The summed E-state index contributed by atoms with van der Waals surface area (Å²) in [5.41, 5.74) is 4.66. The molecule has 1 aromatic heterocycles. The van der Waals surface area contributed by atoms with Crippen molar-refractivity contribution in [1.29, 1.82) is 0 Å². The minimum atomic E-state index is -3.60. The quantitative estimate of drug-likeness (QED) is 0.464. The number of amides is 1. The molecule has 1 aliphatic heterocycles. The second-order valence-electron chi connectivity index (χ2n) is 8.41. The van der Waals surface area contributed by atoms with E-state index in [2.05, 4.69) is 5.32 Å². The number of aryl methyl sites for hydroxylation is 2. The van der Waals surface area contributed by atoms with Gasteiger partial charge in [-0.15, -0.1) is 0 Å². The molecular formula is C26H23FN2O4S. The average Bonchev–Trinajstić information content (AvgIpc) is 3.17. The highest BCUT2D eigenvalue weighted by Crippen LogP contribution is 2.39. The minimum Gasteiger partial charge on any atom is -0.455 e. The first-order valence-corrected chi connectivity index (χ1v) is 12.7. The van der Waals surface area contributed by atoms with E-state index in [-0.39, 0.29) is 12.5 Å². The summed E-state index contributed by atoms with van der Waals surface area (Å²) in [6.07, 6.45) is 2.52. The fourth-order valence-electron chi connectivity index (χ4n) is 4.53. The van der Waals surface area contributed by atoms with Crippen LogP contribution in [0.2, 0.25) is 0 Å². The number of rotatable bonds is 3. The molecule has 0 unspecified atom stereocenters. The van der Waals surface area contributed by atoms with Crippen molar-refractivity contribution in [3.8, 4) is 11.3 Å². The van der Waals surface area contributed by atoms with Crippen LogP contribution in [0.1, 0.15) is 27.0 Å². The Morgan fingerprint density at radius 3 is 2.35 bits per heavy atom. The Hall–Kier alpha value is -3.65. The van der Waals surface area contributed by atoms with E-state index in [0.717, 1.165) is 23.1 Å². The SMILES string of the molecule is CNC(=O)c1c(-c2ccc(F)cc2)oc2cc3c(cc12)CCc1ccccc1CN3S(C)(=O)=O. The lowest BCUT2D eigenvalue weighted by Gasteiger charge is -2.28. The molecule has 0 aliphatic carbocycles. The van der Waals surface area contributed by atoms with Crippen molar-refractivity contribution in [1.82, 2.24) is 5.32 Å². The van der Waals surface area contributed by atoms with Crippen LogP contribution in [0.15, 0.2) is 65.1 Å². The van der Waals surface area contributed by atoms with Crippen molar-refractivity contribution in [2.24, 2.45) is 0 Å². The van der Waals surface area contributed by atoms with E-state index in [1.54, 1.807) is 18.2 Å². The van der Waals surface area contributed by atoms with Gasteiger partial charge >= 0.3 is 0 Å². The number of halogens is 1. The molecule has 174 valence electrons. The summed E-state index contributed by atoms with van der Waals surface area (Å²) in [7, 11) is -2.07. The van der Waals surface area contributed by atoms with E-state index in [1.807, 2.05) is 30.3 Å². The Balaban J connectivity index is 1.76. The molecule has 8 heteroatoms. The van der Waals surface area contributed by atoms with Crippen molar-refractivity contribution in [3.05, 3.63) is 88.7 Å². The van der Waals surface area contributed by atoms with Crippen LogP contribution in [0.25, 0.3) is 22.3 Å². The van der Waals surface area contributed by atoms with Gasteiger partial charge in [-0.1, -0.05) is 24.3 Å². The van der Waals surface area contributed by atoms with Gasteiger partial charge in [-0.3, -0.25) is 9.10 Å². The zero-order chi connectivity index (χ0) is 24.0.